The number of nitrogens with zero attached hydrogens (tertiary/aromatic N) is 1. The van der Waals surface area contributed by atoms with Crippen molar-refractivity contribution in [1.29, 1.82) is 0 Å². The zero-order chi connectivity index (χ0) is 21.6. The van der Waals surface area contributed by atoms with Crippen molar-refractivity contribution in [2.75, 3.05) is 19.6 Å². The second-order valence-electron chi connectivity index (χ2n) is 7.69. The van der Waals surface area contributed by atoms with Crippen molar-refractivity contribution < 1.29 is 9.47 Å². The fraction of sp³-hybridized carbons (Fsp3) is 0.280. The lowest BCUT2D eigenvalue weighted by atomic mass is 10.0. The van der Waals surface area contributed by atoms with Gasteiger partial charge in [-0.2, -0.15) is 0 Å². The van der Waals surface area contributed by atoms with Crippen LogP contribution in [0.4, 0.5) is 0 Å². The highest BCUT2D eigenvalue weighted by Gasteiger charge is 2.32. The van der Waals surface area contributed by atoms with Crippen LogP contribution in [0, 0.1) is 0 Å². The Hall–Kier alpha value is -1.91. The van der Waals surface area contributed by atoms with E-state index in [-0.39, 0.29) is 12.2 Å². The van der Waals surface area contributed by atoms with E-state index in [4.69, 9.17) is 44.3 Å². The highest BCUT2D eigenvalue weighted by atomic mass is 35.5. The van der Waals surface area contributed by atoms with E-state index in [0.29, 0.717) is 10.0 Å². The van der Waals surface area contributed by atoms with Gasteiger partial charge in [0, 0.05) is 41.1 Å². The van der Waals surface area contributed by atoms with Gasteiger partial charge in [-0.05, 0) is 66.6 Å². The van der Waals surface area contributed by atoms with Gasteiger partial charge in [0.05, 0.1) is 0 Å². The van der Waals surface area contributed by atoms with Crippen LogP contribution < -0.4 is 9.47 Å². The summed E-state index contributed by atoms with van der Waals surface area (Å²) in [5.74, 6) is 1.55. The highest BCUT2D eigenvalue weighted by Crippen LogP contribution is 2.26. The minimum Gasteiger partial charge on any atom is -0.486 e. The second-order valence-corrected chi connectivity index (χ2v) is 9.00. The lowest BCUT2D eigenvalue weighted by Crippen LogP contribution is -2.52. The molecule has 2 atom stereocenters. The predicted octanol–water partition coefficient (Wildman–Crippen LogP) is 6.79. The summed E-state index contributed by atoms with van der Waals surface area (Å²) in [6, 6.07) is 23.0. The number of likely N-dealkylation sites (tertiary alicyclic amines) is 1. The van der Waals surface area contributed by atoms with Crippen molar-refractivity contribution in [3.05, 3.63) is 93.4 Å². The van der Waals surface area contributed by atoms with Gasteiger partial charge >= 0.3 is 0 Å². The summed E-state index contributed by atoms with van der Waals surface area (Å²) in [6.45, 7) is 2.67. The van der Waals surface area contributed by atoms with Crippen molar-refractivity contribution in [2.45, 2.75) is 25.0 Å². The third-order valence-corrected chi connectivity index (χ3v) is 6.14. The van der Waals surface area contributed by atoms with Crippen LogP contribution in [0.1, 0.15) is 12.0 Å². The van der Waals surface area contributed by atoms with Gasteiger partial charge in [0.15, 0.2) is 0 Å². The van der Waals surface area contributed by atoms with Gasteiger partial charge < -0.3 is 9.47 Å². The molecule has 0 N–H and O–H groups in total. The van der Waals surface area contributed by atoms with Crippen LogP contribution in [-0.2, 0) is 6.42 Å². The number of halogens is 3. The van der Waals surface area contributed by atoms with Gasteiger partial charge in [-0.1, -0.05) is 53.0 Å². The Morgan fingerprint density at radius 2 is 1.42 bits per heavy atom. The molecule has 31 heavy (non-hydrogen) atoms. The van der Waals surface area contributed by atoms with Gasteiger partial charge in [0.25, 0.3) is 0 Å². The molecule has 0 bridgehead atoms. The Bertz CT molecular complexity index is 979. The first-order chi connectivity index (χ1) is 15.0. The summed E-state index contributed by atoms with van der Waals surface area (Å²) in [6.07, 6.45) is 1.65. The van der Waals surface area contributed by atoms with Crippen molar-refractivity contribution in [3.8, 4) is 11.5 Å². The van der Waals surface area contributed by atoms with Crippen LogP contribution in [0.3, 0.4) is 0 Å². The van der Waals surface area contributed by atoms with Gasteiger partial charge in [-0.15, -0.1) is 0 Å². The van der Waals surface area contributed by atoms with E-state index in [1.54, 1.807) is 0 Å². The Balaban J connectivity index is 1.43. The molecule has 1 aliphatic heterocycles. The van der Waals surface area contributed by atoms with Crippen molar-refractivity contribution in [2.24, 2.45) is 0 Å². The fourth-order valence-corrected chi connectivity index (χ4v) is 4.18. The highest BCUT2D eigenvalue weighted by molar-refractivity contribution is 6.31. The lowest BCUT2D eigenvalue weighted by Gasteiger charge is -2.38. The minimum absolute atomic E-state index is 0.0630. The summed E-state index contributed by atoms with van der Waals surface area (Å²) in [5.41, 5.74) is 1.27. The zero-order valence-electron chi connectivity index (χ0n) is 17.0. The van der Waals surface area contributed by atoms with Gasteiger partial charge in [0.1, 0.15) is 23.7 Å². The number of ether oxygens (including phenoxy) is 2. The molecule has 0 spiro atoms. The van der Waals surface area contributed by atoms with Gasteiger partial charge in [0.2, 0.25) is 0 Å². The molecule has 1 saturated heterocycles. The van der Waals surface area contributed by atoms with E-state index >= 15 is 0 Å². The molecular weight excluding hydrogens is 453 g/mol. The van der Waals surface area contributed by atoms with Crippen LogP contribution >= 0.6 is 34.8 Å². The van der Waals surface area contributed by atoms with Gasteiger partial charge in [-0.25, -0.2) is 0 Å². The average Bonchev–Trinajstić information content (AvgIpc) is 2.76. The first-order valence-electron chi connectivity index (χ1n) is 10.4. The Morgan fingerprint density at radius 1 is 0.742 bits per heavy atom. The monoisotopic (exact) mass is 475 g/mol. The molecule has 4 rings (SSSR count). The normalized spacial score (nSPS) is 19.2. The summed E-state index contributed by atoms with van der Waals surface area (Å²) in [4.78, 5) is 2.42. The third-order valence-electron chi connectivity index (χ3n) is 5.40. The maximum absolute atomic E-state index is 6.35. The average molecular weight is 477 g/mol. The van der Waals surface area contributed by atoms with Crippen LogP contribution in [0.25, 0.3) is 0 Å². The third kappa shape index (κ3) is 6.54. The van der Waals surface area contributed by atoms with Crippen molar-refractivity contribution >= 4 is 34.8 Å². The molecule has 0 aliphatic carbocycles. The topological polar surface area (TPSA) is 21.7 Å². The maximum atomic E-state index is 6.35. The van der Waals surface area contributed by atoms with Crippen molar-refractivity contribution in [1.82, 2.24) is 4.90 Å². The first-order valence-corrected chi connectivity index (χ1v) is 11.5. The van der Waals surface area contributed by atoms with Crippen LogP contribution in [0.5, 0.6) is 11.5 Å². The van der Waals surface area contributed by atoms with Crippen LogP contribution in [0.15, 0.2) is 72.8 Å². The molecule has 1 aliphatic rings. The molecule has 3 aromatic carbocycles. The standard InChI is InChI=1S/C25H24Cl3NO2/c26-19-6-4-18(5-7-19)12-14-29-15-13-24(30-22-10-8-20(27)9-11-22)25(17-29)31-23-3-1-2-21(28)16-23/h1-11,16,24-25H,12-15,17H2/t24-,25+/m1/s1. The van der Waals surface area contributed by atoms with Crippen LogP contribution in [-0.4, -0.2) is 36.7 Å². The lowest BCUT2D eigenvalue weighted by molar-refractivity contribution is -0.0106. The number of piperidine rings is 1. The fourth-order valence-electron chi connectivity index (χ4n) is 3.75. The predicted molar refractivity (Wildman–Crippen MR) is 128 cm³/mol. The molecule has 0 aromatic heterocycles. The molecule has 162 valence electrons. The van der Waals surface area contributed by atoms with Crippen molar-refractivity contribution in [3.63, 3.8) is 0 Å². The summed E-state index contributed by atoms with van der Waals surface area (Å²) < 4.78 is 12.6. The maximum Gasteiger partial charge on any atom is 0.148 e. The smallest absolute Gasteiger partial charge is 0.148 e. The van der Waals surface area contributed by atoms with Gasteiger partial charge in [-0.3, -0.25) is 4.90 Å². The van der Waals surface area contributed by atoms with E-state index in [0.717, 1.165) is 49.0 Å². The van der Waals surface area contributed by atoms with E-state index in [1.807, 2.05) is 60.7 Å². The van der Waals surface area contributed by atoms with E-state index < -0.39 is 0 Å². The van der Waals surface area contributed by atoms with Crippen LogP contribution in [0.2, 0.25) is 15.1 Å². The van der Waals surface area contributed by atoms with E-state index in [1.165, 1.54) is 5.56 Å². The number of rotatable bonds is 7. The largest absolute Gasteiger partial charge is 0.486 e. The number of benzene rings is 3. The minimum atomic E-state index is -0.117. The molecule has 3 nitrogen and oxygen atoms in total. The summed E-state index contributed by atoms with van der Waals surface area (Å²) >= 11 is 18.2. The Labute approximate surface area is 198 Å². The van der Waals surface area contributed by atoms with E-state index in [2.05, 4.69) is 17.0 Å². The SMILES string of the molecule is Clc1ccc(CCN2CC[C@@H](Oc3ccc(Cl)cc3)[C@@H](Oc3cccc(Cl)c3)C2)cc1. The molecule has 6 heteroatoms. The van der Waals surface area contributed by atoms with E-state index in [9.17, 15) is 0 Å². The molecular formula is C25H24Cl3NO2. The summed E-state index contributed by atoms with van der Waals surface area (Å²) in [7, 11) is 0. The molecule has 0 amide bonds. The Morgan fingerprint density at radius 3 is 2.13 bits per heavy atom. The second kappa shape index (κ2) is 10.6. The number of hydrogen-bond acceptors (Lipinski definition) is 3. The molecule has 1 fully saturated rings. The number of hydrogen-bond donors (Lipinski definition) is 0. The molecule has 0 saturated carbocycles. The molecule has 1 heterocycles. The summed E-state index contributed by atoms with van der Waals surface area (Å²) in [5, 5.41) is 2.11. The molecule has 0 radical (unpaired) electrons. The first kappa shape index (κ1) is 22.3. The Kier molecular flexibility index (Phi) is 7.62. The quantitative estimate of drug-likeness (QED) is 0.375. The zero-order valence-corrected chi connectivity index (χ0v) is 19.3. The molecule has 3 aromatic rings. The molecule has 0 unspecified atom stereocenters.